The van der Waals surface area contributed by atoms with Crippen LogP contribution in [0.15, 0.2) is 35.2 Å². The molecular weight excluding hydrogens is 256 g/mol. The summed E-state index contributed by atoms with van der Waals surface area (Å²) in [4.78, 5) is 16.5. The molecule has 6 heteroatoms. The number of furan rings is 1. The summed E-state index contributed by atoms with van der Waals surface area (Å²) < 4.78 is 7.00. The number of carbonyl (C=O) groups excluding carboxylic acids is 1. The van der Waals surface area contributed by atoms with E-state index in [2.05, 4.69) is 10.00 Å². The molecule has 1 fully saturated rings. The van der Waals surface area contributed by atoms with Crippen molar-refractivity contribution in [2.24, 2.45) is 7.05 Å². The van der Waals surface area contributed by atoms with Crippen molar-refractivity contribution in [3.63, 3.8) is 0 Å². The number of carbonyl (C=O) groups is 1. The van der Waals surface area contributed by atoms with Crippen molar-refractivity contribution in [3.8, 4) is 0 Å². The van der Waals surface area contributed by atoms with Crippen molar-refractivity contribution in [1.82, 2.24) is 19.6 Å². The van der Waals surface area contributed by atoms with E-state index in [1.807, 2.05) is 24.1 Å². The minimum absolute atomic E-state index is 0.0655. The first-order valence-corrected chi connectivity index (χ1v) is 6.75. The molecule has 2 aromatic heterocycles. The standard InChI is InChI=1S/C14H18N4O2/c1-16-10-12(9-15-16)14(19)18-6-4-17(5-7-18)11-13-3-2-8-20-13/h2-3,8-10H,4-7,11H2,1H3. The van der Waals surface area contributed by atoms with Crippen molar-refractivity contribution in [3.05, 3.63) is 42.1 Å². The molecule has 0 spiro atoms. The number of piperazine rings is 1. The predicted molar refractivity (Wildman–Crippen MR) is 73.1 cm³/mol. The summed E-state index contributed by atoms with van der Waals surface area (Å²) in [5.74, 6) is 1.03. The lowest BCUT2D eigenvalue weighted by molar-refractivity contribution is 0.0620. The Morgan fingerprint density at radius 2 is 2.15 bits per heavy atom. The topological polar surface area (TPSA) is 54.5 Å². The Labute approximate surface area is 117 Å². The van der Waals surface area contributed by atoms with Crippen LogP contribution in [0, 0.1) is 0 Å². The third-order valence-electron chi connectivity index (χ3n) is 3.57. The number of hydrogen-bond donors (Lipinski definition) is 0. The monoisotopic (exact) mass is 274 g/mol. The summed E-state index contributed by atoms with van der Waals surface area (Å²) in [5.41, 5.74) is 0.659. The van der Waals surface area contributed by atoms with Crippen LogP contribution in [0.1, 0.15) is 16.1 Å². The third-order valence-corrected chi connectivity index (χ3v) is 3.57. The largest absolute Gasteiger partial charge is 0.468 e. The highest BCUT2D eigenvalue weighted by Crippen LogP contribution is 2.11. The summed E-state index contributed by atoms with van der Waals surface area (Å²) >= 11 is 0. The SMILES string of the molecule is Cn1cc(C(=O)N2CCN(Cc3ccco3)CC2)cn1. The first-order valence-electron chi connectivity index (χ1n) is 6.75. The second-order valence-corrected chi connectivity index (χ2v) is 5.05. The van der Waals surface area contributed by atoms with E-state index in [0.717, 1.165) is 38.5 Å². The number of amides is 1. The molecule has 1 amide bonds. The number of aromatic nitrogens is 2. The molecule has 0 aliphatic carbocycles. The fourth-order valence-corrected chi connectivity index (χ4v) is 2.45. The zero-order valence-corrected chi connectivity index (χ0v) is 11.5. The first-order chi connectivity index (χ1) is 9.72. The maximum atomic E-state index is 12.3. The van der Waals surface area contributed by atoms with Gasteiger partial charge >= 0.3 is 0 Å². The Kier molecular flexibility index (Phi) is 3.56. The summed E-state index contributed by atoms with van der Waals surface area (Å²) in [6.07, 6.45) is 5.08. The van der Waals surface area contributed by atoms with E-state index in [1.54, 1.807) is 23.3 Å². The molecule has 106 valence electrons. The van der Waals surface area contributed by atoms with Crippen molar-refractivity contribution in [1.29, 1.82) is 0 Å². The molecule has 0 saturated carbocycles. The summed E-state index contributed by atoms with van der Waals surface area (Å²) in [7, 11) is 1.82. The molecule has 0 atom stereocenters. The zero-order valence-electron chi connectivity index (χ0n) is 11.5. The maximum absolute atomic E-state index is 12.3. The van der Waals surface area contributed by atoms with Crippen molar-refractivity contribution in [2.45, 2.75) is 6.54 Å². The van der Waals surface area contributed by atoms with Crippen molar-refractivity contribution < 1.29 is 9.21 Å². The highest BCUT2D eigenvalue weighted by Gasteiger charge is 2.23. The Hall–Kier alpha value is -2.08. The second-order valence-electron chi connectivity index (χ2n) is 5.05. The predicted octanol–water partition coefficient (Wildman–Crippen LogP) is 0.971. The Balaban J connectivity index is 1.54. The van der Waals surface area contributed by atoms with Crippen LogP contribution in [0.3, 0.4) is 0 Å². The first kappa shape index (κ1) is 12.9. The van der Waals surface area contributed by atoms with E-state index in [4.69, 9.17) is 4.42 Å². The molecule has 3 rings (SSSR count). The summed E-state index contributed by atoms with van der Waals surface area (Å²) in [6.45, 7) is 4.03. The fourth-order valence-electron chi connectivity index (χ4n) is 2.45. The molecule has 3 heterocycles. The molecule has 0 N–H and O–H groups in total. The van der Waals surface area contributed by atoms with E-state index in [1.165, 1.54) is 0 Å². The maximum Gasteiger partial charge on any atom is 0.257 e. The average molecular weight is 274 g/mol. The van der Waals surface area contributed by atoms with Crippen LogP contribution in [0.2, 0.25) is 0 Å². The van der Waals surface area contributed by atoms with Gasteiger partial charge in [-0.1, -0.05) is 0 Å². The zero-order chi connectivity index (χ0) is 13.9. The number of hydrogen-bond acceptors (Lipinski definition) is 4. The van der Waals surface area contributed by atoms with Gasteiger partial charge in [-0.2, -0.15) is 5.10 Å². The smallest absolute Gasteiger partial charge is 0.257 e. The van der Waals surface area contributed by atoms with Crippen LogP contribution in [-0.2, 0) is 13.6 Å². The summed E-state index contributed by atoms with van der Waals surface area (Å²) in [6, 6.07) is 3.88. The highest BCUT2D eigenvalue weighted by atomic mass is 16.3. The van der Waals surface area contributed by atoms with E-state index in [9.17, 15) is 4.79 Å². The molecule has 0 unspecified atom stereocenters. The second kappa shape index (κ2) is 5.50. The normalized spacial score (nSPS) is 16.6. The Morgan fingerprint density at radius 3 is 2.75 bits per heavy atom. The van der Waals surface area contributed by atoms with E-state index in [-0.39, 0.29) is 5.91 Å². The summed E-state index contributed by atoms with van der Waals surface area (Å²) in [5, 5.41) is 4.04. The van der Waals surface area contributed by atoms with Gasteiger partial charge in [0.15, 0.2) is 0 Å². The molecule has 1 aliphatic rings. The third kappa shape index (κ3) is 2.75. The average Bonchev–Trinajstić information content (AvgIpc) is 3.10. The van der Waals surface area contributed by atoms with Crippen molar-refractivity contribution >= 4 is 5.91 Å². The molecule has 2 aromatic rings. The van der Waals surface area contributed by atoms with E-state index < -0.39 is 0 Å². The molecule has 1 aliphatic heterocycles. The van der Waals surface area contributed by atoms with Gasteiger partial charge in [0.25, 0.3) is 5.91 Å². The molecule has 1 saturated heterocycles. The minimum atomic E-state index is 0.0655. The van der Waals surface area contributed by atoms with Gasteiger partial charge in [0.2, 0.25) is 0 Å². The molecular formula is C14H18N4O2. The van der Waals surface area contributed by atoms with Gasteiger partial charge in [0.05, 0.1) is 24.6 Å². The van der Waals surface area contributed by atoms with Gasteiger partial charge < -0.3 is 9.32 Å². The van der Waals surface area contributed by atoms with Gasteiger partial charge in [-0.15, -0.1) is 0 Å². The van der Waals surface area contributed by atoms with Gasteiger partial charge in [0.1, 0.15) is 5.76 Å². The van der Waals surface area contributed by atoms with Crippen LogP contribution in [0.25, 0.3) is 0 Å². The molecule has 0 bridgehead atoms. The van der Waals surface area contributed by atoms with E-state index >= 15 is 0 Å². The van der Waals surface area contributed by atoms with Crippen LogP contribution in [-0.4, -0.2) is 51.7 Å². The molecule has 6 nitrogen and oxygen atoms in total. The lowest BCUT2D eigenvalue weighted by Crippen LogP contribution is -2.48. The van der Waals surface area contributed by atoms with Gasteiger partial charge in [-0.3, -0.25) is 14.4 Å². The van der Waals surface area contributed by atoms with Crippen LogP contribution in [0.5, 0.6) is 0 Å². The van der Waals surface area contributed by atoms with Gasteiger partial charge in [-0.25, -0.2) is 0 Å². The van der Waals surface area contributed by atoms with Gasteiger partial charge in [-0.05, 0) is 12.1 Å². The van der Waals surface area contributed by atoms with Crippen LogP contribution < -0.4 is 0 Å². The Bertz CT molecular complexity index is 568. The van der Waals surface area contributed by atoms with Crippen LogP contribution in [0.4, 0.5) is 0 Å². The van der Waals surface area contributed by atoms with Crippen LogP contribution >= 0.6 is 0 Å². The number of rotatable bonds is 3. The number of nitrogens with zero attached hydrogens (tertiary/aromatic N) is 4. The minimum Gasteiger partial charge on any atom is -0.468 e. The number of aryl methyl sites for hydroxylation is 1. The fraction of sp³-hybridized carbons (Fsp3) is 0.429. The quantitative estimate of drug-likeness (QED) is 0.837. The molecule has 0 radical (unpaired) electrons. The molecule has 0 aromatic carbocycles. The lowest BCUT2D eigenvalue weighted by Gasteiger charge is -2.34. The Morgan fingerprint density at radius 1 is 1.35 bits per heavy atom. The van der Waals surface area contributed by atoms with E-state index in [0.29, 0.717) is 5.56 Å². The van der Waals surface area contributed by atoms with Gasteiger partial charge in [0, 0.05) is 39.4 Å². The van der Waals surface area contributed by atoms with Crippen molar-refractivity contribution in [2.75, 3.05) is 26.2 Å². The lowest BCUT2D eigenvalue weighted by atomic mass is 10.2. The highest BCUT2D eigenvalue weighted by molar-refractivity contribution is 5.93. The molecule has 20 heavy (non-hydrogen) atoms.